The highest BCUT2D eigenvalue weighted by Gasteiger charge is 2.22. The maximum atomic E-state index is 12.3. The van der Waals surface area contributed by atoms with Crippen molar-refractivity contribution in [2.75, 3.05) is 18.4 Å². The van der Waals surface area contributed by atoms with Crippen molar-refractivity contribution in [3.8, 4) is 0 Å². The van der Waals surface area contributed by atoms with E-state index < -0.39 is 0 Å². The summed E-state index contributed by atoms with van der Waals surface area (Å²) >= 11 is 0. The third kappa shape index (κ3) is 3.59. The molecule has 3 rings (SSSR count). The lowest BCUT2D eigenvalue weighted by Gasteiger charge is -2.12. The second kappa shape index (κ2) is 6.64. The molecule has 1 N–H and O–H groups in total. The summed E-state index contributed by atoms with van der Waals surface area (Å²) in [5.74, 6) is 0.342. The Kier molecular flexibility index (Phi) is 4.41. The molecular formula is C17H20N4O2. The largest absolute Gasteiger partial charge is 0.337 e. The molecule has 0 unspecified atom stereocenters. The number of benzene rings is 1. The van der Waals surface area contributed by atoms with Crippen molar-refractivity contribution in [1.82, 2.24) is 14.7 Å². The minimum atomic E-state index is -0.126. The zero-order chi connectivity index (χ0) is 16.2. The molecule has 1 aliphatic rings. The van der Waals surface area contributed by atoms with E-state index >= 15 is 0 Å². The topological polar surface area (TPSA) is 67.2 Å². The van der Waals surface area contributed by atoms with Gasteiger partial charge >= 0.3 is 0 Å². The van der Waals surface area contributed by atoms with Gasteiger partial charge in [0.15, 0.2) is 5.69 Å². The average Bonchev–Trinajstić information content (AvgIpc) is 3.18. The zero-order valence-electron chi connectivity index (χ0n) is 13.2. The molecule has 6 nitrogen and oxygen atoms in total. The fourth-order valence-corrected chi connectivity index (χ4v) is 2.74. The van der Waals surface area contributed by atoms with Crippen molar-refractivity contribution in [3.05, 3.63) is 47.7 Å². The fourth-order valence-electron chi connectivity index (χ4n) is 2.74. The number of carbonyl (C=O) groups excluding carboxylic acids is 2. The van der Waals surface area contributed by atoms with Crippen LogP contribution in [-0.2, 0) is 18.3 Å². The minimum absolute atomic E-state index is 0.0679. The number of hydrogen-bond acceptors (Lipinski definition) is 3. The van der Waals surface area contributed by atoms with Gasteiger partial charge < -0.3 is 10.2 Å². The summed E-state index contributed by atoms with van der Waals surface area (Å²) < 4.78 is 1.53. The molecule has 0 radical (unpaired) electrons. The molecule has 0 saturated carbocycles. The number of nitrogens with zero attached hydrogens (tertiary/aromatic N) is 3. The van der Waals surface area contributed by atoms with Crippen molar-refractivity contribution in [2.45, 2.75) is 19.3 Å². The molecule has 120 valence electrons. The summed E-state index contributed by atoms with van der Waals surface area (Å²) in [6.07, 6.45) is 2.37. The van der Waals surface area contributed by atoms with Crippen molar-refractivity contribution in [3.63, 3.8) is 0 Å². The predicted octanol–water partition coefficient (Wildman–Crippen LogP) is 1.84. The molecule has 2 amide bonds. The Morgan fingerprint density at radius 3 is 2.57 bits per heavy atom. The summed E-state index contributed by atoms with van der Waals surface area (Å²) in [5.41, 5.74) is 1.32. The molecule has 0 bridgehead atoms. The first-order valence-corrected chi connectivity index (χ1v) is 7.80. The first-order valence-electron chi connectivity index (χ1n) is 7.80. The van der Waals surface area contributed by atoms with E-state index in [4.69, 9.17) is 0 Å². The normalized spacial score (nSPS) is 14.0. The molecule has 1 fully saturated rings. The molecule has 0 atom stereocenters. The maximum absolute atomic E-state index is 12.3. The van der Waals surface area contributed by atoms with Crippen molar-refractivity contribution >= 4 is 17.6 Å². The standard InChI is InChI=1S/C17H20N4O2/c1-20-15(18-16(22)11-13-7-3-2-4-8-13)12-14(19-20)17(23)21-9-5-6-10-21/h2-4,7-8,12H,5-6,9-11H2,1H3,(H,18,22). The Balaban J connectivity index is 1.66. The average molecular weight is 312 g/mol. The summed E-state index contributed by atoms with van der Waals surface area (Å²) in [5, 5.41) is 7.04. The van der Waals surface area contributed by atoms with Gasteiger partial charge in [0.05, 0.1) is 6.42 Å². The first kappa shape index (κ1) is 15.3. The van der Waals surface area contributed by atoms with Crippen LogP contribution in [0.1, 0.15) is 28.9 Å². The van der Waals surface area contributed by atoms with Gasteiger partial charge in [0.2, 0.25) is 5.91 Å². The minimum Gasteiger partial charge on any atom is -0.337 e. The highest BCUT2D eigenvalue weighted by molar-refractivity contribution is 5.96. The SMILES string of the molecule is Cn1nc(C(=O)N2CCCC2)cc1NC(=O)Cc1ccccc1. The van der Waals surface area contributed by atoms with E-state index in [1.165, 1.54) is 4.68 Å². The molecule has 6 heteroatoms. The van der Waals surface area contributed by atoms with Crippen LogP contribution in [0.2, 0.25) is 0 Å². The fraction of sp³-hybridized carbons (Fsp3) is 0.353. The lowest BCUT2D eigenvalue weighted by Crippen LogP contribution is -2.28. The second-order valence-electron chi connectivity index (χ2n) is 5.75. The second-order valence-corrected chi connectivity index (χ2v) is 5.75. The van der Waals surface area contributed by atoms with E-state index in [1.54, 1.807) is 18.0 Å². The molecule has 0 aliphatic carbocycles. The van der Waals surface area contributed by atoms with Crippen LogP contribution in [0, 0.1) is 0 Å². The number of likely N-dealkylation sites (tertiary alicyclic amines) is 1. The van der Waals surface area contributed by atoms with Gasteiger partial charge in [0.1, 0.15) is 5.82 Å². The number of aromatic nitrogens is 2. The third-order valence-corrected chi connectivity index (χ3v) is 3.97. The number of anilines is 1. The van der Waals surface area contributed by atoms with Gasteiger partial charge in [-0.05, 0) is 18.4 Å². The molecule has 1 aromatic heterocycles. The highest BCUT2D eigenvalue weighted by atomic mass is 16.2. The van der Waals surface area contributed by atoms with Crippen LogP contribution in [0.25, 0.3) is 0 Å². The molecule has 2 aromatic rings. The van der Waals surface area contributed by atoms with Gasteiger partial charge in [-0.25, -0.2) is 0 Å². The van der Waals surface area contributed by atoms with Crippen LogP contribution in [0.3, 0.4) is 0 Å². The first-order chi connectivity index (χ1) is 11.1. The number of rotatable bonds is 4. The van der Waals surface area contributed by atoms with Crippen molar-refractivity contribution in [1.29, 1.82) is 0 Å². The van der Waals surface area contributed by atoms with E-state index in [-0.39, 0.29) is 11.8 Å². The smallest absolute Gasteiger partial charge is 0.274 e. The number of aryl methyl sites for hydroxylation is 1. The maximum Gasteiger partial charge on any atom is 0.274 e. The Hall–Kier alpha value is -2.63. The molecule has 23 heavy (non-hydrogen) atoms. The van der Waals surface area contributed by atoms with Gasteiger partial charge in [0, 0.05) is 26.2 Å². The molecule has 1 aliphatic heterocycles. The zero-order valence-corrected chi connectivity index (χ0v) is 13.2. The van der Waals surface area contributed by atoms with Crippen LogP contribution < -0.4 is 5.32 Å². The summed E-state index contributed by atoms with van der Waals surface area (Å²) in [6.45, 7) is 1.57. The Morgan fingerprint density at radius 2 is 1.87 bits per heavy atom. The molecule has 1 saturated heterocycles. The lowest BCUT2D eigenvalue weighted by molar-refractivity contribution is -0.115. The van der Waals surface area contributed by atoms with E-state index in [1.807, 2.05) is 30.3 Å². The van der Waals surface area contributed by atoms with Gasteiger partial charge in [-0.2, -0.15) is 5.10 Å². The monoisotopic (exact) mass is 312 g/mol. The Morgan fingerprint density at radius 1 is 1.17 bits per heavy atom. The van der Waals surface area contributed by atoms with Crippen LogP contribution in [0.5, 0.6) is 0 Å². The third-order valence-electron chi connectivity index (χ3n) is 3.97. The van der Waals surface area contributed by atoms with E-state index in [9.17, 15) is 9.59 Å². The summed E-state index contributed by atoms with van der Waals surface area (Å²) in [7, 11) is 1.72. The molecule has 2 heterocycles. The molecular weight excluding hydrogens is 292 g/mol. The van der Waals surface area contributed by atoms with Gasteiger partial charge in [-0.1, -0.05) is 30.3 Å². The van der Waals surface area contributed by atoms with Crippen LogP contribution in [0.15, 0.2) is 36.4 Å². The Labute approximate surface area is 135 Å². The quantitative estimate of drug-likeness (QED) is 0.936. The van der Waals surface area contributed by atoms with Crippen molar-refractivity contribution in [2.24, 2.45) is 7.05 Å². The molecule has 0 spiro atoms. The molecule has 1 aromatic carbocycles. The van der Waals surface area contributed by atoms with Gasteiger partial charge in [0.25, 0.3) is 5.91 Å². The highest BCUT2D eigenvalue weighted by Crippen LogP contribution is 2.15. The van der Waals surface area contributed by atoms with Gasteiger partial charge in [-0.15, -0.1) is 0 Å². The van der Waals surface area contributed by atoms with E-state index in [0.717, 1.165) is 31.5 Å². The summed E-state index contributed by atoms with van der Waals surface area (Å²) in [6, 6.07) is 11.2. The van der Waals surface area contributed by atoms with E-state index in [0.29, 0.717) is 17.9 Å². The van der Waals surface area contributed by atoms with Crippen LogP contribution in [0.4, 0.5) is 5.82 Å². The predicted molar refractivity (Wildman–Crippen MR) is 87.1 cm³/mol. The van der Waals surface area contributed by atoms with Crippen LogP contribution >= 0.6 is 0 Å². The van der Waals surface area contributed by atoms with Gasteiger partial charge in [-0.3, -0.25) is 14.3 Å². The number of nitrogens with one attached hydrogen (secondary N) is 1. The lowest BCUT2D eigenvalue weighted by atomic mass is 10.1. The van der Waals surface area contributed by atoms with Crippen LogP contribution in [-0.4, -0.2) is 39.6 Å². The number of hydrogen-bond donors (Lipinski definition) is 1. The van der Waals surface area contributed by atoms with Crippen molar-refractivity contribution < 1.29 is 9.59 Å². The number of carbonyl (C=O) groups is 2. The Bertz CT molecular complexity index is 703. The van der Waals surface area contributed by atoms with E-state index in [2.05, 4.69) is 10.4 Å². The summed E-state index contributed by atoms with van der Waals surface area (Å²) in [4.78, 5) is 26.3. The number of amides is 2.